The highest BCUT2D eigenvalue weighted by Crippen LogP contribution is 2.32. The second kappa shape index (κ2) is 3.62. The molecule has 1 aliphatic heterocycles. The number of likely N-dealkylation sites (tertiary alicyclic amines) is 1. The van der Waals surface area contributed by atoms with E-state index in [9.17, 15) is 9.59 Å². The number of rotatable bonds is 1. The molecule has 84 valence electrons. The minimum Gasteiger partial charge on any atom is -0.341 e. The molecule has 0 aromatic rings. The molecule has 1 heterocycles. The number of amides is 1. The summed E-state index contributed by atoms with van der Waals surface area (Å²) in [4.78, 5) is 25.0. The topological polar surface area (TPSA) is 37.4 Å². The summed E-state index contributed by atoms with van der Waals surface area (Å²) in [5, 5.41) is 0. The molecular weight excluding hydrogens is 190 g/mol. The average Bonchev–Trinajstić information content (AvgIpc) is 2.14. The lowest BCUT2D eigenvalue weighted by molar-refractivity contribution is -0.147. The Hall–Kier alpha value is -0.860. The second-order valence-corrected chi connectivity index (χ2v) is 5.67. The van der Waals surface area contributed by atoms with Crippen molar-refractivity contribution >= 4 is 11.7 Å². The van der Waals surface area contributed by atoms with Gasteiger partial charge in [0, 0.05) is 31.8 Å². The van der Waals surface area contributed by atoms with E-state index in [1.165, 1.54) is 0 Å². The Morgan fingerprint density at radius 1 is 1.27 bits per heavy atom. The Kier molecular flexibility index (Phi) is 2.57. The molecular formula is C12H19NO2. The fourth-order valence-electron chi connectivity index (χ4n) is 2.59. The Morgan fingerprint density at radius 3 is 2.27 bits per heavy atom. The highest BCUT2D eigenvalue weighted by Gasteiger charge is 2.40. The van der Waals surface area contributed by atoms with Crippen LogP contribution >= 0.6 is 0 Å². The Morgan fingerprint density at radius 2 is 1.80 bits per heavy atom. The van der Waals surface area contributed by atoms with Crippen molar-refractivity contribution in [3.05, 3.63) is 0 Å². The number of hydrogen-bond acceptors (Lipinski definition) is 2. The molecule has 1 saturated heterocycles. The normalized spacial score (nSPS) is 26.3. The van der Waals surface area contributed by atoms with Gasteiger partial charge in [-0.1, -0.05) is 13.8 Å². The lowest BCUT2D eigenvalue weighted by atomic mass is 9.81. The van der Waals surface area contributed by atoms with Crippen LogP contribution in [0, 0.1) is 11.3 Å². The Balaban J connectivity index is 1.85. The fraction of sp³-hybridized carbons (Fsp3) is 0.833. The van der Waals surface area contributed by atoms with Gasteiger partial charge in [-0.05, 0) is 18.3 Å². The lowest BCUT2D eigenvalue weighted by Gasteiger charge is -2.47. The van der Waals surface area contributed by atoms with Gasteiger partial charge in [-0.25, -0.2) is 0 Å². The predicted octanol–water partition coefficient (Wildman–Crippen LogP) is 1.61. The molecule has 0 N–H and O–H groups in total. The van der Waals surface area contributed by atoms with Crippen LogP contribution in [0.25, 0.3) is 0 Å². The van der Waals surface area contributed by atoms with Crippen LogP contribution in [0.3, 0.4) is 0 Å². The molecule has 3 nitrogen and oxygen atoms in total. The fourth-order valence-corrected chi connectivity index (χ4v) is 2.59. The highest BCUT2D eigenvalue weighted by molar-refractivity contribution is 5.85. The van der Waals surface area contributed by atoms with Gasteiger partial charge in [-0.15, -0.1) is 0 Å². The van der Waals surface area contributed by atoms with E-state index in [-0.39, 0.29) is 11.8 Å². The first-order valence-electron chi connectivity index (χ1n) is 5.78. The van der Waals surface area contributed by atoms with Crippen LogP contribution in [-0.4, -0.2) is 29.7 Å². The minimum absolute atomic E-state index is 0.124. The molecule has 0 atom stereocenters. The summed E-state index contributed by atoms with van der Waals surface area (Å²) in [5.41, 5.74) is 0.306. The number of carbonyl (C=O) groups is 2. The molecule has 3 heteroatoms. The van der Waals surface area contributed by atoms with Crippen LogP contribution in [0.2, 0.25) is 0 Å². The zero-order valence-corrected chi connectivity index (χ0v) is 9.58. The van der Waals surface area contributed by atoms with Crippen LogP contribution in [0.1, 0.15) is 39.5 Å². The maximum Gasteiger partial charge on any atom is 0.225 e. The highest BCUT2D eigenvalue weighted by atomic mass is 16.2. The van der Waals surface area contributed by atoms with E-state index in [0.717, 1.165) is 25.9 Å². The van der Waals surface area contributed by atoms with Crippen LogP contribution in [-0.2, 0) is 9.59 Å². The van der Waals surface area contributed by atoms with E-state index in [2.05, 4.69) is 13.8 Å². The smallest absolute Gasteiger partial charge is 0.225 e. The number of nitrogens with zero attached hydrogens (tertiary/aromatic N) is 1. The van der Waals surface area contributed by atoms with E-state index in [1.54, 1.807) is 0 Å². The van der Waals surface area contributed by atoms with Crippen molar-refractivity contribution < 1.29 is 9.59 Å². The first kappa shape index (κ1) is 10.7. The molecule has 0 spiro atoms. The van der Waals surface area contributed by atoms with E-state index < -0.39 is 0 Å². The van der Waals surface area contributed by atoms with Crippen molar-refractivity contribution in [1.29, 1.82) is 0 Å². The third-order valence-corrected chi connectivity index (χ3v) is 3.44. The summed E-state index contributed by atoms with van der Waals surface area (Å²) in [6.45, 7) is 6.13. The Labute approximate surface area is 90.8 Å². The third kappa shape index (κ3) is 2.21. The van der Waals surface area contributed by atoms with Crippen molar-refractivity contribution in [2.45, 2.75) is 39.5 Å². The first-order chi connectivity index (χ1) is 6.98. The zero-order chi connectivity index (χ0) is 11.1. The summed E-state index contributed by atoms with van der Waals surface area (Å²) in [7, 11) is 0. The second-order valence-electron chi connectivity index (χ2n) is 5.67. The minimum atomic E-state index is 0.124. The number of ketones is 1. The van der Waals surface area contributed by atoms with Crippen LogP contribution < -0.4 is 0 Å². The van der Waals surface area contributed by atoms with Gasteiger partial charge in [-0.3, -0.25) is 9.59 Å². The van der Waals surface area contributed by atoms with Crippen LogP contribution in [0.4, 0.5) is 0 Å². The standard InChI is InChI=1S/C12H19NO2/c1-12(2)7-13(8-12)11(15)9-3-5-10(14)6-4-9/h9H,3-8H2,1-2H3. The van der Waals surface area contributed by atoms with Gasteiger partial charge in [0.15, 0.2) is 0 Å². The molecule has 1 amide bonds. The van der Waals surface area contributed by atoms with Gasteiger partial charge in [0.1, 0.15) is 5.78 Å². The van der Waals surface area contributed by atoms with E-state index in [0.29, 0.717) is 24.0 Å². The number of carbonyl (C=O) groups excluding carboxylic acids is 2. The molecule has 1 saturated carbocycles. The molecule has 0 bridgehead atoms. The van der Waals surface area contributed by atoms with Gasteiger partial charge >= 0.3 is 0 Å². The summed E-state index contributed by atoms with van der Waals surface area (Å²) in [6, 6.07) is 0. The lowest BCUT2D eigenvalue weighted by Crippen LogP contribution is -2.57. The molecule has 0 aromatic carbocycles. The molecule has 0 unspecified atom stereocenters. The van der Waals surface area contributed by atoms with E-state index in [4.69, 9.17) is 0 Å². The predicted molar refractivity (Wildman–Crippen MR) is 57.3 cm³/mol. The van der Waals surface area contributed by atoms with Crippen molar-refractivity contribution in [1.82, 2.24) is 4.90 Å². The van der Waals surface area contributed by atoms with Crippen molar-refractivity contribution in [3.8, 4) is 0 Å². The van der Waals surface area contributed by atoms with Crippen LogP contribution in [0.15, 0.2) is 0 Å². The summed E-state index contributed by atoms with van der Waals surface area (Å²) < 4.78 is 0. The van der Waals surface area contributed by atoms with Crippen LogP contribution in [0.5, 0.6) is 0 Å². The van der Waals surface area contributed by atoms with Gasteiger partial charge in [0.25, 0.3) is 0 Å². The van der Waals surface area contributed by atoms with Gasteiger partial charge in [0.2, 0.25) is 5.91 Å². The molecule has 1 aliphatic carbocycles. The van der Waals surface area contributed by atoms with Gasteiger partial charge in [-0.2, -0.15) is 0 Å². The Bertz CT molecular complexity index is 278. The van der Waals surface area contributed by atoms with Gasteiger partial charge in [0.05, 0.1) is 0 Å². The summed E-state index contributed by atoms with van der Waals surface area (Å²) >= 11 is 0. The van der Waals surface area contributed by atoms with E-state index >= 15 is 0 Å². The molecule has 2 fully saturated rings. The molecule has 0 aromatic heterocycles. The largest absolute Gasteiger partial charge is 0.341 e. The molecule has 2 aliphatic rings. The monoisotopic (exact) mass is 209 g/mol. The number of Topliss-reactive ketones (excluding diaryl/α,β-unsaturated/α-hetero) is 1. The van der Waals surface area contributed by atoms with E-state index in [1.807, 2.05) is 4.90 Å². The summed E-state index contributed by atoms with van der Waals surface area (Å²) in [5.74, 6) is 0.726. The first-order valence-corrected chi connectivity index (χ1v) is 5.78. The molecule has 2 rings (SSSR count). The van der Waals surface area contributed by atoms with Gasteiger partial charge < -0.3 is 4.90 Å². The maximum absolute atomic E-state index is 12.0. The maximum atomic E-state index is 12.0. The quantitative estimate of drug-likeness (QED) is 0.658. The third-order valence-electron chi connectivity index (χ3n) is 3.44. The molecule has 0 radical (unpaired) electrons. The van der Waals surface area contributed by atoms with Crippen molar-refractivity contribution in [2.75, 3.05) is 13.1 Å². The zero-order valence-electron chi connectivity index (χ0n) is 9.58. The molecule has 15 heavy (non-hydrogen) atoms. The summed E-state index contributed by atoms with van der Waals surface area (Å²) in [6.07, 6.45) is 2.75. The van der Waals surface area contributed by atoms with Crippen molar-refractivity contribution in [3.63, 3.8) is 0 Å². The average molecular weight is 209 g/mol. The number of hydrogen-bond donors (Lipinski definition) is 0. The SMILES string of the molecule is CC1(C)CN(C(=O)C2CCC(=O)CC2)C1. The van der Waals surface area contributed by atoms with Crippen molar-refractivity contribution in [2.24, 2.45) is 11.3 Å².